The van der Waals surface area contributed by atoms with Crippen molar-refractivity contribution in [2.45, 2.75) is 51.6 Å². The molecule has 1 aromatic rings. The van der Waals surface area contributed by atoms with Crippen molar-refractivity contribution in [2.75, 3.05) is 6.54 Å². The SMILES string of the molecule is CC(NC(=O)C1CCCC1)C(=O)N1CCc2c(cccc2C(=O)O)C1. The molecule has 134 valence electrons. The Balaban J connectivity index is 1.64. The highest BCUT2D eigenvalue weighted by Gasteiger charge is 2.30. The van der Waals surface area contributed by atoms with E-state index in [0.29, 0.717) is 25.1 Å². The number of carbonyl (C=O) groups excluding carboxylic acids is 2. The Labute approximate surface area is 147 Å². The van der Waals surface area contributed by atoms with Gasteiger partial charge in [-0.1, -0.05) is 25.0 Å². The van der Waals surface area contributed by atoms with Gasteiger partial charge in [0.05, 0.1) is 5.56 Å². The number of rotatable bonds is 4. The summed E-state index contributed by atoms with van der Waals surface area (Å²) in [5.41, 5.74) is 1.99. The third kappa shape index (κ3) is 3.67. The maximum atomic E-state index is 12.7. The maximum Gasteiger partial charge on any atom is 0.335 e. The molecule has 1 fully saturated rings. The molecule has 1 aliphatic heterocycles. The van der Waals surface area contributed by atoms with Gasteiger partial charge in [-0.15, -0.1) is 0 Å². The predicted molar refractivity (Wildman–Crippen MR) is 92.1 cm³/mol. The van der Waals surface area contributed by atoms with Crippen LogP contribution in [0.15, 0.2) is 18.2 Å². The van der Waals surface area contributed by atoms with E-state index in [-0.39, 0.29) is 17.7 Å². The second-order valence-corrected chi connectivity index (χ2v) is 6.97. The van der Waals surface area contributed by atoms with Crippen LogP contribution in [-0.4, -0.2) is 40.4 Å². The molecule has 2 aliphatic rings. The summed E-state index contributed by atoms with van der Waals surface area (Å²) >= 11 is 0. The van der Waals surface area contributed by atoms with E-state index in [4.69, 9.17) is 0 Å². The lowest BCUT2D eigenvalue weighted by molar-refractivity contribution is -0.137. The van der Waals surface area contributed by atoms with Gasteiger partial charge in [-0.25, -0.2) is 4.79 Å². The van der Waals surface area contributed by atoms with Crippen LogP contribution >= 0.6 is 0 Å². The average molecular weight is 344 g/mol. The molecule has 2 N–H and O–H groups in total. The zero-order chi connectivity index (χ0) is 18.0. The van der Waals surface area contributed by atoms with Crippen LogP contribution in [0.3, 0.4) is 0 Å². The first kappa shape index (κ1) is 17.5. The summed E-state index contributed by atoms with van der Waals surface area (Å²) in [5, 5.41) is 12.1. The van der Waals surface area contributed by atoms with Crippen LogP contribution in [0.5, 0.6) is 0 Å². The monoisotopic (exact) mass is 344 g/mol. The normalized spacial score (nSPS) is 18.5. The summed E-state index contributed by atoms with van der Waals surface area (Å²) < 4.78 is 0. The van der Waals surface area contributed by atoms with E-state index in [0.717, 1.165) is 36.8 Å². The average Bonchev–Trinajstić information content (AvgIpc) is 3.14. The molecule has 6 nitrogen and oxygen atoms in total. The quantitative estimate of drug-likeness (QED) is 0.874. The molecule has 2 amide bonds. The molecule has 0 radical (unpaired) electrons. The molecule has 1 saturated carbocycles. The van der Waals surface area contributed by atoms with Crippen molar-refractivity contribution in [1.82, 2.24) is 10.2 Å². The van der Waals surface area contributed by atoms with Crippen LogP contribution < -0.4 is 5.32 Å². The number of aromatic carboxylic acids is 1. The van der Waals surface area contributed by atoms with Gasteiger partial charge in [-0.05, 0) is 43.4 Å². The van der Waals surface area contributed by atoms with E-state index in [1.807, 2.05) is 6.07 Å². The zero-order valence-corrected chi connectivity index (χ0v) is 14.5. The van der Waals surface area contributed by atoms with Gasteiger partial charge in [0.2, 0.25) is 11.8 Å². The number of amides is 2. The molecular weight excluding hydrogens is 320 g/mol. The van der Waals surface area contributed by atoms with Gasteiger partial charge < -0.3 is 15.3 Å². The Bertz CT molecular complexity index is 695. The molecule has 1 heterocycles. The number of carboxylic acids is 1. The van der Waals surface area contributed by atoms with E-state index in [2.05, 4.69) is 5.32 Å². The first-order chi connectivity index (χ1) is 12.0. The fourth-order valence-electron chi connectivity index (χ4n) is 3.85. The number of nitrogens with one attached hydrogen (secondary N) is 1. The van der Waals surface area contributed by atoms with E-state index in [9.17, 15) is 19.5 Å². The fourth-order valence-corrected chi connectivity index (χ4v) is 3.85. The molecule has 1 aromatic carbocycles. The van der Waals surface area contributed by atoms with Crippen LogP contribution in [0, 0.1) is 5.92 Å². The van der Waals surface area contributed by atoms with Gasteiger partial charge in [0.25, 0.3) is 0 Å². The lowest BCUT2D eigenvalue weighted by atomic mass is 9.94. The molecule has 1 atom stereocenters. The van der Waals surface area contributed by atoms with Crippen molar-refractivity contribution in [1.29, 1.82) is 0 Å². The van der Waals surface area contributed by atoms with Crippen LogP contribution in [0.4, 0.5) is 0 Å². The fraction of sp³-hybridized carbons (Fsp3) is 0.526. The van der Waals surface area contributed by atoms with Crippen molar-refractivity contribution in [3.63, 3.8) is 0 Å². The first-order valence-corrected chi connectivity index (χ1v) is 8.90. The van der Waals surface area contributed by atoms with Crippen molar-refractivity contribution in [2.24, 2.45) is 5.92 Å². The third-order valence-corrected chi connectivity index (χ3v) is 5.26. The van der Waals surface area contributed by atoms with Gasteiger partial charge >= 0.3 is 5.97 Å². The van der Waals surface area contributed by atoms with Crippen molar-refractivity contribution in [3.8, 4) is 0 Å². The van der Waals surface area contributed by atoms with E-state index >= 15 is 0 Å². The molecular formula is C19H24N2O4. The number of hydrogen-bond acceptors (Lipinski definition) is 3. The van der Waals surface area contributed by atoms with Crippen molar-refractivity contribution < 1.29 is 19.5 Å². The molecule has 6 heteroatoms. The molecule has 3 rings (SSSR count). The highest BCUT2D eigenvalue weighted by molar-refractivity contribution is 5.91. The summed E-state index contributed by atoms with van der Waals surface area (Å²) in [7, 11) is 0. The lowest BCUT2D eigenvalue weighted by Gasteiger charge is -2.32. The number of fused-ring (bicyclic) bond motifs is 1. The minimum Gasteiger partial charge on any atom is -0.478 e. The molecule has 25 heavy (non-hydrogen) atoms. The summed E-state index contributed by atoms with van der Waals surface area (Å²) in [6.07, 6.45) is 4.49. The number of benzene rings is 1. The van der Waals surface area contributed by atoms with Gasteiger partial charge in [-0.3, -0.25) is 9.59 Å². The minimum atomic E-state index is -0.936. The Morgan fingerprint density at radius 2 is 1.96 bits per heavy atom. The predicted octanol–water partition coefficient (Wildman–Crippen LogP) is 1.96. The van der Waals surface area contributed by atoms with Gasteiger partial charge in [0, 0.05) is 19.0 Å². The van der Waals surface area contributed by atoms with E-state index in [1.165, 1.54) is 0 Å². The van der Waals surface area contributed by atoms with Crippen LogP contribution in [-0.2, 0) is 22.6 Å². The van der Waals surface area contributed by atoms with Gasteiger partial charge in [-0.2, -0.15) is 0 Å². The summed E-state index contributed by atoms with van der Waals surface area (Å²) in [5.74, 6) is -1.04. The maximum absolute atomic E-state index is 12.7. The number of carbonyl (C=O) groups is 3. The van der Waals surface area contributed by atoms with Crippen molar-refractivity contribution in [3.05, 3.63) is 34.9 Å². The number of hydrogen-bond donors (Lipinski definition) is 2. The largest absolute Gasteiger partial charge is 0.478 e. The summed E-state index contributed by atoms with van der Waals surface area (Å²) in [6, 6.07) is 4.62. The Kier molecular flexibility index (Phi) is 5.06. The van der Waals surface area contributed by atoms with E-state index in [1.54, 1.807) is 24.0 Å². The highest BCUT2D eigenvalue weighted by atomic mass is 16.4. The highest BCUT2D eigenvalue weighted by Crippen LogP contribution is 2.25. The molecule has 0 saturated heterocycles. The van der Waals surface area contributed by atoms with Crippen LogP contribution in [0.2, 0.25) is 0 Å². The number of carboxylic acid groups (broad SMARTS) is 1. The molecule has 0 aromatic heterocycles. The van der Waals surface area contributed by atoms with Gasteiger partial charge in [0.15, 0.2) is 0 Å². The van der Waals surface area contributed by atoms with Crippen LogP contribution in [0.25, 0.3) is 0 Å². The topological polar surface area (TPSA) is 86.7 Å². The molecule has 1 aliphatic carbocycles. The van der Waals surface area contributed by atoms with Gasteiger partial charge in [0.1, 0.15) is 6.04 Å². The summed E-state index contributed by atoms with van der Waals surface area (Å²) in [4.78, 5) is 37.9. The standard InChI is InChI=1S/C19H24N2O4/c1-12(20-17(22)13-5-2-3-6-13)18(23)21-10-9-15-14(11-21)7-4-8-16(15)19(24)25/h4,7-8,12-13H,2-3,5-6,9-11H2,1H3,(H,20,22)(H,24,25). The Morgan fingerprint density at radius 3 is 2.64 bits per heavy atom. The Hall–Kier alpha value is -2.37. The third-order valence-electron chi connectivity index (χ3n) is 5.26. The first-order valence-electron chi connectivity index (χ1n) is 8.90. The number of nitrogens with zero attached hydrogens (tertiary/aromatic N) is 1. The molecule has 1 unspecified atom stereocenters. The molecule has 0 bridgehead atoms. The second kappa shape index (κ2) is 7.25. The van der Waals surface area contributed by atoms with E-state index < -0.39 is 12.0 Å². The van der Waals surface area contributed by atoms with Crippen LogP contribution in [0.1, 0.15) is 54.1 Å². The summed E-state index contributed by atoms with van der Waals surface area (Å²) in [6.45, 7) is 2.58. The Morgan fingerprint density at radius 1 is 1.24 bits per heavy atom. The lowest BCUT2D eigenvalue weighted by Crippen LogP contribution is -2.49. The zero-order valence-electron chi connectivity index (χ0n) is 14.5. The smallest absolute Gasteiger partial charge is 0.335 e. The van der Waals surface area contributed by atoms with Crippen molar-refractivity contribution >= 4 is 17.8 Å². The second-order valence-electron chi connectivity index (χ2n) is 6.97. The molecule has 0 spiro atoms. The minimum absolute atomic E-state index is 0.0241.